The molecule has 18 heavy (non-hydrogen) atoms. The summed E-state index contributed by atoms with van der Waals surface area (Å²) in [7, 11) is 0. The van der Waals surface area contributed by atoms with Crippen LogP contribution in [0, 0.1) is 9.49 Å². The van der Waals surface area contributed by atoms with Gasteiger partial charge in [-0.1, -0.05) is 42.5 Å². The molecule has 0 saturated carbocycles. The van der Waals surface area contributed by atoms with E-state index in [9.17, 15) is 0 Å². The molecule has 0 fully saturated rings. The number of benzene rings is 2. The maximum atomic E-state index is 6.10. The first-order chi connectivity index (χ1) is 8.78. The van der Waals surface area contributed by atoms with Crippen LogP contribution < -0.4 is 0 Å². The van der Waals surface area contributed by atoms with Gasteiger partial charge in [-0.3, -0.25) is 0 Å². The van der Waals surface area contributed by atoms with E-state index < -0.39 is 0 Å². The van der Waals surface area contributed by atoms with E-state index >= 15 is 0 Å². The van der Waals surface area contributed by atoms with Gasteiger partial charge in [-0.2, -0.15) is 0 Å². The predicted octanol–water partition coefficient (Wildman–Crippen LogP) is 4.93. The summed E-state index contributed by atoms with van der Waals surface area (Å²) in [5, 5.41) is 0. The average Bonchev–Trinajstić information content (AvgIpc) is 2.41. The lowest BCUT2D eigenvalue weighted by molar-refractivity contribution is 0.584. The van der Waals surface area contributed by atoms with Crippen molar-refractivity contribution in [2.75, 3.05) is 5.88 Å². The Morgan fingerprint density at radius 1 is 0.833 bits per heavy atom. The summed E-state index contributed by atoms with van der Waals surface area (Å²) in [5.74, 6) is 1.22. The Morgan fingerprint density at radius 2 is 1.39 bits per heavy atom. The van der Waals surface area contributed by atoms with Crippen LogP contribution in [0.5, 0.6) is 0 Å². The maximum Gasteiger partial charge on any atom is 0.0258 e. The highest BCUT2D eigenvalue weighted by Crippen LogP contribution is 2.17. The molecule has 0 aromatic heterocycles. The van der Waals surface area contributed by atoms with E-state index in [4.69, 9.17) is 11.6 Å². The molecule has 0 N–H and O–H groups in total. The summed E-state index contributed by atoms with van der Waals surface area (Å²) >= 11 is 8.43. The second-order valence-corrected chi connectivity index (χ2v) is 6.09. The van der Waals surface area contributed by atoms with Crippen LogP contribution in [0.15, 0.2) is 54.6 Å². The van der Waals surface area contributed by atoms with Gasteiger partial charge in [0.1, 0.15) is 0 Å². The van der Waals surface area contributed by atoms with Gasteiger partial charge < -0.3 is 0 Å². The molecule has 1 unspecified atom stereocenters. The van der Waals surface area contributed by atoms with Crippen molar-refractivity contribution in [1.29, 1.82) is 0 Å². The molecule has 2 aromatic carbocycles. The van der Waals surface area contributed by atoms with Crippen molar-refractivity contribution < 1.29 is 0 Å². The molecule has 0 saturated heterocycles. The average molecular weight is 371 g/mol. The largest absolute Gasteiger partial charge is 0.126 e. The lowest BCUT2D eigenvalue weighted by Crippen LogP contribution is -2.10. The molecular weight excluding hydrogens is 355 g/mol. The molecule has 2 rings (SSSR count). The van der Waals surface area contributed by atoms with Gasteiger partial charge in [0, 0.05) is 9.45 Å². The molecule has 2 heteroatoms. The Labute approximate surface area is 128 Å². The van der Waals surface area contributed by atoms with Crippen LogP contribution in [0.25, 0.3) is 0 Å². The molecule has 0 amide bonds. The van der Waals surface area contributed by atoms with Crippen LogP contribution in [0.1, 0.15) is 11.1 Å². The van der Waals surface area contributed by atoms with Gasteiger partial charge in [-0.05, 0) is 64.6 Å². The molecule has 1 atom stereocenters. The molecule has 0 spiro atoms. The molecule has 0 aliphatic carbocycles. The monoisotopic (exact) mass is 370 g/mol. The summed E-state index contributed by atoms with van der Waals surface area (Å²) < 4.78 is 1.28. The Morgan fingerprint density at radius 3 is 1.94 bits per heavy atom. The zero-order valence-electron chi connectivity index (χ0n) is 10.2. The highest BCUT2D eigenvalue weighted by atomic mass is 127. The molecule has 0 heterocycles. The van der Waals surface area contributed by atoms with Gasteiger partial charge in [-0.15, -0.1) is 11.6 Å². The summed E-state index contributed by atoms with van der Waals surface area (Å²) in [4.78, 5) is 0. The molecular formula is C16H16ClI. The topological polar surface area (TPSA) is 0 Å². The van der Waals surface area contributed by atoms with Crippen LogP contribution in [-0.2, 0) is 12.8 Å². The molecule has 0 nitrogen and oxygen atoms in total. The van der Waals surface area contributed by atoms with E-state index in [1.165, 1.54) is 14.7 Å². The van der Waals surface area contributed by atoms with Gasteiger partial charge in [0.2, 0.25) is 0 Å². The fourth-order valence-corrected chi connectivity index (χ4v) is 2.66. The van der Waals surface area contributed by atoms with E-state index in [0.717, 1.165) is 12.8 Å². The first-order valence-electron chi connectivity index (χ1n) is 6.12. The quantitative estimate of drug-likeness (QED) is 0.517. The minimum atomic E-state index is 0.508. The molecule has 0 radical (unpaired) electrons. The number of rotatable bonds is 5. The van der Waals surface area contributed by atoms with Crippen LogP contribution in [0.4, 0.5) is 0 Å². The van der Waals surface area contributed by atoms with Crippen molar-refractivity contribution in [3.63, 3.8) is 0 Å². The normalized spacial score (nSPS) is 12.3. The molecule has 0 bridgehead atoms. The van der Waals surface area contributed by atoms with E-state index in [-0.39, 0.29) is 0 Å². The third kappa shape index (κ3) is 4.29. The number of hydrogen-bond donors (Lipinski definition) is 0. The number of hydrogen-bond acceptors (Lipinski definition) is 0. The Balaban J connectivity index is 1.99. The Hall–Kier alpha value is -0.540. The Kier molecular flexibility index (Phi) is 5.51. The lowest BCUT2D eigenvalue weighted by atomic mass is 9.94. The fourth-order valence-electron chi connectivity index (χ4n) is 2.08. The van der Waals surface area contributed by atoms with Crippen molar-refractivity contribution in [2.45, 2.75) is 12.8 Å². The number of halogens is 2. The van der Waals surface area contributed by atoms with Crippen molar-refractivity contribution >= 4 is 34.2 Å². The minimum Gasteiger partial charge on any atom is -0.126 e. The predicted molar refractivity (Wildman–Crippen MR) is 87.2 cm³/mol. The highest BCUT2D eigenvalue weighted by molar-refractivity contribution is 14.1. The summed E-state index contributed by atoms with van der Waals surface area (Å²) in [6.45, 7) is 0. The van der Waals surface area contributed by atoms with Crippen LogP contribution >= 0.6 is 34.2 Å². The summed E-state index contributed by atoms with van der Waals surface area (Å²) in [6, 6.07) is 19.3. The van der Waals surface area contributed by atoms with Gasteiger partial charge in [0.05, 0.1) is 0 Å². The SMILES string of the molecule is ClCC(Cc1ccccc1)Cc1ccc(I)cc1. The van der Waals surface area contributed by atoms with Gasteiger partial charge in [0.25, 0.3) is 0 Å². The smallest absolute Gasteiger partial charge is 0.0258 e. The minimum absolute atomic E-state index is 0.508. The third-order valence-corrected chi connectivity index (χ3v) is 4.18. The lowest BCUT2D eigenvalue weighted by Gasteiger charge is -2.14. The maximum absolute atomic E-state index is 6.10. The standard InChI is InChI=1S/C16H16ClI/c17-12-15(10-13-4-2-1-3-5-13)11-14-6-8-16(18)9-7-14/h1-9,15H,10-12H2. The third-order valence-electron chi connectivity index (χ3n) is 3.02. The van der Waals surface area contributed by atoms with Gasteiger partial charge in [-0.25, -0.2) is 0 Å². The fraction of sp³-hybridized carbons (Fsp3) is 0.250. The van der Waals surface area contributed by atoms with E-state index in [2.05, 4.69) is 77.2 Å². The first kappa shape index (κ1) is 13.9. The van der Waals surface area contributed by atoms with Gasteiger partial charge in [0.15, 0.2) is 0 Å². The second-order valence-electron chi connectivity index (χ2n) is 4.54. The van der Waals surface area contributed by atoms with Crippen molar-refractivity contribution in [2.24, 2.45) is 5.92 Å². The first-order valence-corrected chi connectivity index (χ1v) is 7.73. The van der Waals surface area contributed by atoms with Crippen molar-refractivity contribution in [3.8, 4) is 0 Å². The molecule has 0 aliphatic rings. The second kappa shape index (κ2) is 7.15. The zero-order valence-corrected chi connectivity index (χ0v) is 13.1. The van der Waals surface area contributed by atoms with Crippen molar-refractivity contribution in [3.05, 3.63) is 69.3 Å². The molecule has 2 aromatic rings. The van der Waals surface area contributed by atoms with Gasteiger partial charge >= 0.3 is 0 Å². The van der Waals surface area contributed by atoms with Crippen LogP contribution in [0.2, 0.25) is 0 Å². The van der Waals surface area contributed by atoms with Crippen molar-refractivity contribution in [1.82, 2.24) is 0 Å². The molecule has 94 valence electrons. The van der Waals surface area contributed by atoms with E-state index in [1.54, 1.807) is 0 Å². The van der Waals surface area contributed by atoms with Crippen LogP contribution in [-0.4, -0.2) is 5.88 Å². The molecule has 0 aliphatic heterocycles. The summed E-state index contributed by atoms with van der Waals surface area (Å²) in [6.07, 6.45) is 2.10. The highest BCUT2D eigenvalue weighted by Gasteiger charge is 2.09. The summed E-state index contributed by atoms with van der Waals surface area (Å²) in [5.41, 5.74) is 2.74. The van der Waals surface area contributed by atoms with Crippen LogP contribution in [0.3, 0.4) is 0 Å². The zero-order chi connectivity index (χ0) is 12.8. The number of alkyl halides is 1. The Bertz CT molecular complexity index is 464. The van der Waals surface area contributed by atoms with E-state index in [1.807, 2.05) is 0 Å². The van der Waals surface area contributed by atoms with E-state index in [0.29, 0.717) is 11.8 Å².